The number of ether oxygens (including phenoxy) is 2. The molecule has 3 nitrogen and oxygen atoms in total. The first-order valence-corrected chi connectivity index (χ1v) is 4.06. The Hall–Kier alpha value is -1.53. The zero-order valence-corrected chi connectivity index (χ0v) is 7.28. The van der Waals surface area contributed by atoms with Crippen LogP contribution >= 0.6 is 0 Å². The maximum absolute atomic E-state index is 8.76. The highest BCUT2D eigenvalue weighted by Gasteiger charge is 2.42. The van der Waals surface area contributed by atoms with E-state index in [9.17, 15) is 0 Å². The quantitative estimate of drug-likeness (QED) is 0.642. The third-order valence-electron chi connectivity index (χ3n) is 1.88. The maximum Gasteiger partial charge on any atom is 0.231 e. The van der Waals surface area contributed by atoms with Crippen molar-refractivity contribution >= 4 is 0 Å². The molecule has 0 saturated carbocycles. The molecule has 1 unspecified atom stereocenters. The topological polar surface area (TPSA) is 45.5 Å². The van der Waals surface area contributed by atoms with Gasteiger partial charge < -0.3 is 9.47 Å². The predicted molar refractivity (Wildman–Crippen MR) is 46.1 cm³/mol. The van der Waals surface area contributed by atoms with Gasteiger partial charge in [0.05, 0.1) is 5.56 Å². The molecule has 0 aliphatic carbocycles. The van der Waals surface area contributed by atoms with Gasteiger partial charge in [-0.15, -0.1) is 0 Å². The lowest BCUT2D eigenvalue weighted by atomic mass is 10.2. The summed E-state index contributed by atoms with van der Waals surface area (Å²) in [6, 6.07) is 9.20. The van der Waals surface area contributed by atoms with E-state index in [1.165, 1.54) is 0 Å². The van der Waals surface area contributed by atoms with E-state index < -0.39 is 5.79 Å². The van der Waals surface area contributed by atoms with E-state index >= 15 is 0 Å². The molecule has 1 atom stereocenters. The number of para-hydroxylation sites is 1. The first-order valence-electron chi connectivity index (χ1n) is 4.06. The second kappa shape index (κ2) is 2.75. The van der Waals surface area contributed by atoms with Crippen LogP contribution in [0.1, 0.15) is 12.5 Å². The Morgan fingerprint density at radius 3 is 2.85 bits per heavy atom. The summed E-state index contributed by atoms with van der Waals surface area (Å²) in [6.07, 6.45) is 0. The van der Waals surface area contributed by atoms with Crippen molar-refractivity contribution in [2.75, 3.05) is 6.61 Å². The van der Waals surface area contributed by atoms with Gasteiger partial charge in [-0.25, -0.2) is 0 Å². The van der Waals surface area contributed by atoms with E-state index in [-0.39, 0.29) is 0 Å². The van der Waals surface area contributed by atoms with Crippen LogP contribution in [0.4, 0.5) is 0 Å². The standard InChI is InChI=1S/C10H9NO2/c1-10(7-12-10)13-9-5-3-2-4-8(9)6-11/h2-5H,7H2,1H3. The highest BCUT2D eigenvalue weighted by atomic mass is 16.8. The molecule has 0 radical (unpaired) electrons. The molecule has 1 heterocycles. The van der Waals surface area contributed by atoms with E-state index in [1.54, 1.807) is 12.1 Å². The van der Waals surface area contributed by atoms with Crippen molar-refractivity contribution in [2.24, 2.45) is 0 Å². The van der Waals surface area contributed by atoms with Crippen molar-refractivity contribution in [3.63, 3.8) is 0 Å². The molecule has 0 spiro atoms. The molecule has 1 aromatic carbocycles. The van der Waals surface area contributed by atoms with Gasteiger partial charge in [0, 0.05) is 6.92 Å². The van der Waals surface area contributed by atoms with Gasteiger partial charge >= 0.3 is 0 Å². The van der Waals surface area contributed by atoms with Gasteiger partial charge in [-0.3, -0.25) is 0 Å². The van der Waals surface area contributed by atoms with Crippen LogP contribution in [0.15, 0.2) is 24.3 Å². The van der Waals surface area contributed by atoms with Crippen LogP contribution in [-0.2, 0) is 4.74 Å². The van der Waals surface area contributed by atoms with E-state index in [0.717, 1.165) is 0 Å². The Morgan fingerprint density at radius 2 is 2.23 bits per heavy atom. The normalized spacial score (nSPS) is 24.9. The number of hydrogen-bond donors (Lipinski definition) is 0. The maximum atomic E-state index is 8.76. The molecule has 0 amide bonds. The summed E-state index contributed by atoms with van der Waals surface area (Å²) in [5.74, 6) is 0.0810. The lowest BCUT2D eigenvalue weighted by Crippen LogP contribution is -2.15. The molecular weight excluding hydrogens is 166 g/mol. The molecule has 1 saturated heterocycles. The lowest BCUT2D eigenvalue weighted by molar-refractivity contribution is 0.0799. The minimum atomic E-state index is -0.507. The van der Waals surface area contributed by atoms with Crippen molar-refractivity contribution in [1.82, 2.24) is 0 Å². The molecule has 0 N–H and O–H groups in total. The Labute approximate surface area is 76.5 Å². The summed E-state index contributed by atoms with van der Waals surface area (Å²) in [7, 11) is 0. The molecule has 0 bridgehead atoms. The van der Waals surface area contributed by atoms with Crippen LogP contribution in [-0.4, -0.2) is 12.4 Å². The molecule has 66 valence electrons. The Balaban J connectivity index is 2.25. The number of nitriles is 1. The van der Waals surface area contributed by atoms with Gasteiger partial charge in [0.1, 0.15) is 18.4 Å². The largest absolute Gasteiger partial charge is 0.459 e. The minimum Gasteiger partial charge on any atom is -0.459 e. The fourth-order valence-electron chi connectivity index (χ4n) is 1.04. The zero-order valence-electron chi connectivity index (χ0n) is 7.28. The van der Waals surface area contributed by atoms with Gasteiger partial charge in [-0.2, -0.15) is 5.26 Å². The van der Waals surface area contributed by atoms with Crippen molar-refractivity contribution in [3.05, 3.63) is 29.8 Å². The van der Waals surface area contributed by atoms with Crippen molar-refractivity contribution < 1.29 is 9.47 Å². The van der Waals surface area contributed by atoms with E-state index in [4.69, 9.17) is 14.7 Å². The SMILES string of the molecule is CC1(Oc2ccccc2C#N)CO1. The molecule has 1 fully saturated rings. The summed E-state index contributed by atoms with van der Waals surface area (Å²) in [5.41, 5.74) is 0.541. The molecule has 1 aromatic rings. The fourth-order valence-corrected chi connectivity index (χ4v) is 1.04. The van der Waals surface area contributed by atoms with Gasteiger partial charge in [0.15, 0.2) is 0 Å². The van der Waals surface area contributed by atoms with Gasteiger partial charge in [-0.05, 0) is 12.1 Å². The summed E-state index contributed by atoms with van der Waals surface area (Å²) >= 11 is 0. The van der Waals surface area contributed by atoms with Crippen LogP contribution in [0.5, 0.6) is 5.75 Å². The third kappa shape index (κ3) is 1.63. The number of rotatable bonds is 2. The lowest BCUT2D eigenvalue weighted by Gasteiger charge is -2.10. The van der Waals surface area contributed by atoms with Crippen LogP contribution in [0.3, 0.4) is 0 Å². The minimum absolute atomic E-state index is 0.507. The van der Waals surface area contributed by atoms with Crippen LogP contribution in [0, 0.1) is 11.3 Å². The Kier molecular flexibility index (Phi) is 1.71. The highest BCUT2D eigenvalue weighted by Crippen LogP contribution is 2.31. The third-order valence-corrected chi connectivity index (χ3v) is 1.88. The zero-order chi connectivity index (χ0) is 9.31. The Morgan fingerprint density at radius 1 is 1.54 bits per heavy atom. The monoisotopic (exact) mass is 175 g/mol. The number of hydrogen-bond acceptors (Lipinski definition) is 3. The first kappa shape index (κ1) is 8.09. The molecule has 1 aliphatic rings. The second-order valence-electron chi connectivity index (χ2n) is 3.13. The summed E-state index contributed by atoms with van der Waals surface area (Å²) in [6.45, 7) is 2.44. The number of epoxide rings is 1. The van der Waals surface area contributed by atoms with E-state index in [2.05, 4.69) is 6.07 Å². The fraction of sp³-hybridized carbons (Fsp3) is 0.300. The van der Waals surface area contributed by atoms with Crippen LogP contribution < -0.4 is 4.74 Å². The smallest absolute Gasteiger partial charge is 0.231 e. The van der Waals surface area contributed by atoms with Crippen molar-refractivity contribution in [3.8, 4) is 11.8 Å². The van der Waals surface area contributed by atoms with Crippen LogP contribution in [0.25, 0.3) is 0 Å². The van der Waals surface area contributed by atoms with Gasteiger partial charge in [-0.1, -0.05) is 12.1 Å². The highest BCUT2D eigenvalue weighted by molar-refractivity contribution is 5.42. The number of benzene rings is 1. The molecule has 2 rings (SSSR count). The predicted octanol–water partition coefficient (Wildman–Crippen LogP) is 1.68. The molecule has 3 heteroatoms. The van der Waals surface area contributed by atoms with Crippen molar-refractivity contribution in [2.45, 2.75) is 12.7 Å². The van der Waals surface area contributed by atoms with Gasteiger partial charge in [0.2, 0.25) is 5.79 Å². The van der Waals surface area contributed by atoms with Gasteiger partial charge in [0.25, 0.3) is 0 Å². The van der Waals surface area contributed by atoms with E-state index in [0.29, 0.717) is 17.9 Å². The summed E-state index contributed by atoms with van der Waals surface area (Å²) < 4.78 is 10.6. The van der Waals surface area contributed by atoms with Crippen LogP contribution in [0.2, 0.25) is 0 Å². The average Bonchev–Trinajstić information content (AvgIpc) is 2.84. The average molecular weight is 175 g/mol. The molecular formula is C10H9NO2. The second-order valence-corrected chi connectivity index (χ2v) is 3.13. The molecule has 0 aromatic heterocycles. The van der Waals surface area contributed by atoms with E-state index in [1.807, 2.05) is 19.1 Å². The van der Waals surface area contributed by atoms with Crippen molar-refractivity contribution in [1.29, 1.82) is 5.26 Å². The molecule has 1 aliphatic heterocycles. The summed E-state index contributed by atoms with van der Waals surface area (Å²) in [4.78, 5) is 0. The Bertz CT molecular complexity index is 363. The first-order chi connectivity index (χ1) is 6.23. The molecule has 13 heavy (non-hydrogen) atoms. The number of nitrogens with zero attached hydrogens (tertiary/aromatic N) is 1. The summed E-state index contributed by atoms with van der Waals surface area (Å²) in [5, 5.41) is 8.76.